The Morgan fingerprint density at radius 3 is 2.31 bits per heavy atom. The Morgan fingerprint density at radius 2 is 1.94 bits per heavy atom. The van der Waals surface area contributed by atoms with E-state index in [1.165, 1.54) is 0 Å². The predicted molar refractivity (Wildman–Crippen MR) is 49.8 cm³/mol. The second kappa shape index (κ2) is 4.62. The minimum absolute atomic E-state index is 0.382. The van der Waals surface area contributed by atoms with Crippen molar-refractivity contribution in [1.29, 1.82) is 0 Å². The zero-order chi connectivity index (χ0) is 12.5. The Kier molecular flexibility index (Phi) is 3.84. The van der Waals surface area contributed by atoms with Crippen molar-refractivity contribution in [1.82, 2.24) is 4.98 Å². The van der Waals surface area contributed by atoms with Gasteiger partial charge in [-0.2, -0.15) is 13.2 Å². The predicted octanol–water partition coefficient (Wildman–Crippen LogP) is 3.26. The highest BCUT2D eigenvalue weighted by molar-refractivity contribution is 9.10. The van der Waals surface area contributed by atoms with E-state index < -0.39 is 36.1 Å². The number of rotatable bonds is 2. The largest absolute Gasteiger partial charge is 0.418 e. The highest BCUT2D eigenvalue weighted by Gasteiger charge is 2.35. The molecular formula is C8H6BrF5N2. The molecule has 1 rings (SSSR count). The third-order valence-corrected chi connectivity index (χ3v) is 2.42. The fourth-order valence-electron chi connectivity index (χ4n) is 1.10. The molecule has 1 heterocycles. The van der Waals surface area contributed by atoms with E-state index in [0.29, 0.717) is 6.07 Å². The quantitative estimate of drug-likeness (QED) is 0.852. The lowest BCUT2D eigenvalue weighted by atomic mass is 10.1. The first-order valence-corrected chi connectivity index (χ1v) is 4.81. The van der Waals surface area contributed by atoms with E-state index >= 15 is 0 Å². The zero-order valence-corrected chi connectivity index (χ0v) is 9.24. The van der Waals surface area contributed by atoms with Crippen LogP contribution in [-0.2, 0) is 12.7 Å². The van der Waals surface area contributed by atoms with Crippen LogP contribution in [-0.4, -0.2) is 4.98 Å². The van der Waals surface area contributed by atoms with Crippen molar-refractivity contribution in [3.8, 4) is 0 Å². The van der Waals surface area contributed by atoms with Crippen LogP contribution < -0.4 is 5.73 Å². The molecule has 0 fully saturated rings. The number of hydrogen-bond donors (Lipinski definition) is 1. The maximum atomic E-state index is 12.4. The molecule has 1 aromatic heterocycles. The number of pyridine rings is 1. The fourth-order valence-corrected chi connectivity index (χ4v) is 1.59. The molecule has 0 unspecified atom stereocenters. The van der Waals surface area contributed by atoms with Gasteiger partial charge in [0.1, 0.15) is 5.69 Å². The van der Waals surface area contributed by atoms with Crippen LogP contribution in [0.25, 0.3) is 0 Å². The van der Waals surface area contributed by atoms with Gasteiger partial charge >= 0.3 is 6.18 Å². The van der Waals surface area contributed by atoms with Crippen molar-refractivity contribution in [3.63, 3.8) is 0 Å². The highest BCUT2D eigenvalue weighted by atomic mass is 79.9. The maximum Gasteiger partial charge on any atom is 0.418 e. The van der Waals surface area contributed by atoms with Crippen LogP contribution in [0.3, 0.4) is 0 Å². The Bertz CT molecular complexity index is 391. The molecule has 0 radical (unpaired) electrons. The van der Waals surface area contributed by atoms with Crippen molar-refractivity contribution in [2.24, 2.45) is 5.73 Å². The molecule has 0 spiro atoms. The van der Waals surface area contributed by atoms with Gasteiger partial charge in [0.15, 0.2) is 0 Å². The Hall–Kier alpha value is -0.760. The first kappa shape index (κ1) is 13.3. The monoisotopic (exact) mass is 304 g/mol. The van der Waals surface area contributed by atoms with Gasteiger partial charge < -0.3 is 5.73 Å². The lowest BCUT2D eigenvalue weighted by molar-refractivity contribution is -0.138. The van der Waals surface area contributed by atoms with E-state index in [1.54, 1.807) is 0 Å². The molecule has 0 atom stereocenters. The summed E-state index contributed by atoms with van der Waals surface area (Å²) in [4.78, 5) is 3.21. The van der Waals surface area contributed by atoms with Crippen LogP contribution in [0.5, 0.6) is 0 Å². The van der Waals surface area contributed by atoms with Gasteiger partial charge in [-0.1, -0.05) is 0 Å². The van der Waals surface area contributed by atoms with E-state index in [0.717, 1.165) is 0 Å². The maximum absolute atomic E-state index is 12.4. The van der Waals surface area contributed by atoms with Crippen LogP contribution in [0, 0.1) is 0 Å². The molecule has 0 saturated carbocycles. The summed E-state index contributed by atoms with van der Waals surface area (Å²) in [7, 11) is 0. The summed E-state index contributed by atoms with van der Waals surface area (Å²) >= 11 is 2.62. The smallest absolute Gasteiger partial charge is 0.325 e. The number of hydrogen-bond acceptors (Lipinski definition) is 2. The highest BCUT2D eigenvalue weighted by Crippen LogP contribution is 2.35. The van der Waals surface area contributed by atoms with Gasteiger partial charge in [-0.05, 0) is 22.0 Å². The normalized spacial score (nSPS) is 12.2. The average molecular weight is 305 g/mol. The number of aromatic nitrogens is 1. The van der Waals surface area contributed by atoms with E-state index in [2.05, 4.69) is 20.9 Å². The summed E-state index contributed by atoms with van der Waals surface area (Å²) in [5.41, 5.74) is 2.60. The van der Waals surface area contributed by atoms with Crippen molar-refractivity contribution in [2.45, 2.75) is 19.1 Å². The van der Waals surface area contributed by atoms with Gasteiger partial charge in [-0.3, -0.25) is 0 Å². The van der Waals surface area contributed by atoms with Crippen LogP contribution >= 0.6 is 15.9 Å². The molecule has 0 aromatic carbocycles. The molecule has 8 heteroatoms. The zero-order valence-electron chi connectivity index (χ0n) is 7.65. The molecule has 0 aliphatic carbocycles. The lowest BCUT2D eigenvalue weighted by Crippen LogP contribution is -2.15. The van der Waals surface area contributed by atoms with Crippen molar-refractivity contribution in [2.75, 3.05) is 0 Å². The summed E-state index contributed by atoms with van der Waals surface area (Å²) in [6, 6.07) is 0.566. The number of alkyl halides is 5. The molecule has 90 valence electrons. The second-order valence-corrected chi connectivity index (χ2v) is 3.71. The Balaban J connectivity index is 3.38. The van der Waals surface area contributed by atoms with Gasteiger partial charge in [0.05, 0.1) is 11.3 Å². The average Bonchev–Trinajstić information content (AvgIpc) is 2.15. The topological polar surface area (TPSA) is 38.9 Å². The summed E-state index contributed by atoms with van der Waals surface area (Å²) in [6.45, 7) is -0.554. The van der Waals surface area contributed by atoms with Crippen LogP contribution in [0.1, 0.15) is 23.4 Å². The molecule has 0 saturated heterocycles. The Morgan fingerprint density at radius 1 is 1.38 bits per heavy atom. The third-order valence-electron chi connectivity index (χ3n) is 1.79. The molecule has 0 bridgehead atoms. The third kappa shape index (κ3) is 2.67. The molecule has 0 aliphatic heterocycles. The van der Waals surface area contributed by atoms with Crippen molar-refractivity contribution in [3.05, 3.63) is 27.5 Å². The fraction of sp³-hybridized carbons (Fsp3) is 0.375. The molecule has 1 aromatic rings. The van der Waals surface area contributed by atoms with Gasteiger partial charge in [0, 0.05) is 11.0 Å². The first-order chi connectivity index (χ1) is 7.27. The number of nitrogens with zero attached hydrogens (tertiary/aromatic N) is 1. The van der Waals surface area contributed by atoms with Gasteiger partial charge in [0.2, 0.25) is 0 Å². The van der Waals surface area contributed by atoms with Crippen LogP contribution in [0.2, 0.25) is 0 Å². The minimum Gasteiger partial charge on any atom is -0.325 e. The van der Waals surface area contributed by atoms with E-state index in [9.17, 15) is 22.0 Å². The molecule has 0 aliphatic rings. The van der Waals surface area contributed by atoms with Crippen molar-refractivity contribution >= 4 is 15.9 Å². The first-order valence-electron chi connectivity index (χ1n) is 4.02. The molecule has 16 heavy (non-hydrogen) atoms. The molecule has 2 N–H and O–H groups in total. The summed E-state index contributed by atoms with van der Waals surface area (Å²) in [6.07, 6.45) is -7.62. The van der Waals surface area contributed by atoms with E-state index in [-0.39, 0.29) is 4.47 Å². The van der Waals surface area contributed by atoms with Gasteiger partial charge in [-0.25, -0.2) is 13.8 Å². The van der Waals surface area contributed by atoms with Gasteiger partial charge in [-0.15, -0.1) is 0 Å². The summed E-state index contributed by atoms with van der Waals surface area (Å²) < 4.78 is 61.7. The SMILES string of the molecule is NCc1nc(C(F)F)c(Br)cc1C(F)(F)F. The molecule has 0 amide bonds. The summed E-state index contributed by atoms with van der Waals surface area (Å²) in [5, 5.41) is 0. The van der Waals surface area contributed by atoms with Gasteiger partial charge in [0.25, 0.3) is 6.43 Å². The molecular weight excluding hydrogens is 299 g/mol. The minimum atomic E-state index is -4.66. The standard InChI is InChI=1S/C8H6BrF5N2/c9-4-1-3(8(12,13)14)5(2-15)16-6(4)7(10)11/h1,7H,2,15H2. The Labute approximate surface area is 95.8 Å². The van der Waals surface area contributed by atoms with E-state index in [4.69, 9.17) is 5.73 Å². The van der Waals surface area contributed by atoms with E-state index in [1.807, 2.05) is 0 Å². The number of halogens is 6. The number of nitrogens with two attached hydrogens (primary N) is 1. The van der Waals surface area contributed by atoms with Crippen LogP contribution in [0.4, 0.5) is 22.0 Å². The lowest BCUT2D eigenvalue weighted by Gasteiger charge is -2.13. The second-order valence-electron chi connectivity index (χ2n) is 2.85. The molecule has 2 nitrogen and oxygen atoms in total. The van der Waals surface area contributed by atoms with Crippen LogP contribution in [0.15, 0.2) is 10.5 Å². The van der Waals surface area contributed by atoms with Crippen molar-refractivity contribution < 1.29 is 22.0 Å². The summed E-state index contributed by atoms with van der Waals surface area (Å²) in [5.74, 6) is 0.